The lowest BCUT2D eigenvalue weighted by molar-refractivity contribution is -0.131. The zero-order valence-corrected chi connectivity index (χ0v) is 19.7. The lowest BCUT2D eigenvalue weighted by Crippen LogP contribution is -2.54. The number of carbonyl (C=O) groups is 3. The molecule has 0 saturated carbocycles. The van der Waals surface area contributed by atoms with Crippen molar-refractivity contribution >= 4 is 28.2 Å². The summed E-state index contributed by atoms with van der Waals surface area (Å²) in [5.74, 6) is -0.173. The Hall–Kier alpha value is -2.94. The summed E-state index contributed by atoms with van der Waals surface area (Å²) in [5.41, 5.74) is 11.3. The molecule has 0 unspecified atom stereocenters. The summed E-state index contributed by atoms with van der Waals surface area (Å²) in [6, 6.07) is 4.44. The van der Waals surface area contributed by atoms with Crippen molar-refractivity contribution < 1.29 is 36.4 Å². The van der Waals surface area contributed by atoms with Gasteiger partial charge in [-0.15, -0.1) is 4.28 Å². The molecule has 14 heteroatoms. The molecule has 188 valence electrons. The number of amides is 4. The van der Waals surface area contributed by atoms with Crippen LogP contribution in [0.25, 0.3) is 0 Å². The number of nitrogens with one attached hydrogen (secondary N) is 2. The Balaban J connectivity index is 1.46. The molecule has 1 aromatic carbocycles. The molecule has 0 spiro atoms. The van der Waals surface area contributed by atoms with Crippen LogP contribution in [0.3, 0.4) is 0 Å². The van der Waals surface area contributed by atoms with E-state index in [4.69, 9.17) is 15.0 Å². The van der Waals surface area contributed by atoms with E-state index in [1.807, 2.05) is 13.8 Å². The minimum atomic E-state index is -4.87. The molecule has 2 saturated heterocycles. The highest BCUT2D eigenvalue weighted by Gasteiger charge is 2.49. The molecule has 1 aromatic rings. The van der Waals surface area contributed by atoms with Crippen LogP contribution >= 0.6 is 0 Å². The Labute approximate surface area is 197 Å². The maximum atomic E-state index is 12.5. The van der Waals surface area contributed by atoms with Crippen molar-refractivity contribution in [1.29, 1.82) is 0 Å². The third kappa shape index (κ3) is 6.56. The van der Waals surface area contributed by atoms with Crippen LogP contribution in [0.2, 0.25) is 0 Å². The van der Waals surface area contributed by atoms with Crippen LogP contribution in [0, 0.1) is 5.92 Å². The SMILES string of the molecule is CC(C)[C@H](N)COc1ccc(CC(=O)NNC(=O)[C@@H]2CC[C@@H]3CN2C(=O)N3OS(=O)(=O)O)cc1. The van der Waals surface area contributed by atoms with Gasteiger partial charge < -0.3 is 15.4 Å². The minimum Gasteiger partial charge on any atom is -0.492 e. The van der Waals surface area contributed by atoms with Crippen molar-refractivity contribution in [2.45, 2.75) is 51.2 Å². The van der Waals surface area contributed by atoms with E-state index in [0.717, 1.165) is 4.90 Å². The van der Waals surface area contributed by atoms with E-state index >= 15 is 0 Å². The first-order chi connectivity index (χ1) is 15.9. The van der Waals surface area contributed by atoms with Crippen molar-refractivity contribution in [2.75, 3.05) is 13.2 Å². The summed E-state index contributed by atoms with van der Waals surface area (Å²) in [5, 5.41) is 0.547. The fraction of sp³-hybridized carbons (Fsp3) is 0.550. The molecule has 3 rings (SSSR count). The standard InChI is InChI=1S/C20H29N5O8S/c1-12(2)16(21)11-32-15-6-3-13(4-7-15)9-18(26)22-23-19(27)17-8-5-14-10-24(17)20(28)25(14)33-34(29,30)31/h3-4,6-7,12,14,16-17H,5,8-11,21H2,1-2H3,(H,22,26)(H,23,27)(H,29,30,31)/t14-,16-,17+/m1/s1. The molecular weight excluding hydrogens is 470 g/mol. The second kappa shape index (κ2) is 10.5. The van der Waals surface area contributed by atoms with Crippen molar-refractivity contribution in [3.05, 3.63) is 29.8 Å². The van der Waals surface area contributed by atoms with Gasteiger partial charge in [0.1, 0.15) is 18.4 Å². The number of nitrogens with two attached hydrogens (primary N) is 1. The van der Waals surface area contributed by atoms with Gasteiger partial charge in [0.25, 0.3) is 5.91 Å². The summed E-state index contributed by atoms with van der Waals surface area (Å²) in [7, 11) is -4.87. The van der Waals surface area contributed by atoms with E-state index in [0.29, 0.717) is 28.9 Å². The molecule has 2 aliphatic heterocycles. The molecule has 5 N–H and O–H groups in total. The van der Waals surface area contributed by atoms with Crippen molar-refractivity contribution in [2.24, 2.45) is 11.7 Å². The Morgan fingerprint density at radius 2 is 1.88 bits per heavy atom. The fourth-order valence-electron chi connectivity index (χ4n) is 3.64. The Kier molecular flexibility index (Phi) is 7.97. The average molecular weight is 500 g/mol. The molecule has 34 heavy (non-hydrogen) atoms. The van der Waals surface area contributed by atoms with Gasteiger partial charge in [-0.2, -0.15) is 13.5 Å². The van der Waals surface area contributed by atoms with Gasteiger partial charge in [0.05, 0.1) is 12.5 Å². The minimum absolute atomic E-state index is 0.00255. The zero-order valence-electron chi connectivity index (χ0n) is 18.8. The Bertz CT molecular complexity index is 1020. The van der Waals surface area contributed by atoms with E-state index in [2.05, 4.69) is 15.1 Å². The smallest absolute Gasteiger partial charge is 0.418 e. The molecule has 2 bridgehead atoms. The van der Waals surface area contributed by atoms with Crippen molar-refractivity contribution in [1.82, 2.24) is 20.8 Å². The van der Waals surface area contributed by atoms with Crippen LogP contribution < -0.4 is 21.3 Å². The largest absolute Gasteiger partial charge is 0.492 e. The molecule has 2 fully saturated rings. The second-order valence-electron chi connectivity index (χ2n) is 8.59. The van der Waals surface area contributed by atoms with Crippen molar-refractivity contribution in [3.63, 3.8) is 0 Å². The number of benzene rings is 1. The molecule has 0 aromatic heterocycles. The number of fused-ring (bicyclic) bond motifs is 2. The Morgan fingerprint density at radius 3 is 2.50 bits per heavy atom. The van der Waals surface area contributed by atoms with E-state index in [9.17, 15) is 22.8 Å². The van der Waals surface area contributed by atoms with E-state index < -0.39 is 40.3 Å². The molecule has 2 heterocycles. The van der Waals surface area contributed by atoms with Crippen LogP contribution in [0.4, 0.5) is 4.79 Å². The van der Waals surface area contributed by atoms with Gasteiger partial charge in [-0.1, -0.05) is 26.0 Å². The number of ether oxygens (including phenoxy) is 1. The fourth-order valence-corrected chi connectivity index (χ4v) is 4.03. The first-order valence-electron chi connectivity index (χ1n) is 10.8. The summed E-state index contributed by atoms with van der Waals surface area (Å²) < 4.78 is 40.7. The van der Waals surface area contributed by atoms with Gasteiger partial charge in [0.15, 0.2) is 0 Å². The van der Waals surface area contributed by atoms with Crippen LogP contribution in [-0.2, 0) is 30.7 Å². The van der Waals surface area contributed by atoms with Gasteiger partial charge >= 0.3 is 16.4 Å². The number of urea groups is 1. The molecule has 4 amide bonds. The maximum Gasteiger partial charge on any atom is 0.418 e. The third-order valence-electron chi connectivity index (χ3n) is 5.71. The number of rotatable bonds is 9. The van der Waals surface area contributed by atoms with Crippen LogP contribution in [0.15, 0.2) is 24.3 Å². The Morgan fingerprint density at radius 1 is 1.21 bits per heavy atom. The lowest BCUT2D eigenvalue weighted by atomic mass is 10.0. The summed E-state index contributed by atoms with van der Waals surface area (Å²) in [4.78, 5) is 38.3. The van der Waals surface area contributed by atoms with Crippen LogP contribution in [0.5, 0.6) is 5.75 Å². The predicted molar refractivity (Wildman–Crippen MR) is 118 cm³/mol. The normalized spacial score (nSPS) is 20.9. The first-order valence-corrected chi connectivity index (χ1v) is 12.1. The van der Waals surface area contributed by atoms with E-state index in [-0.39, 0.29) is 31.8 Å². The number of hydrogen-bond acceptors (Lipinski definition) is 8. The van der Waals surface area contributed by atoms with Gasteiger partial charge in [0, 0.05) is 12.6 Å². The van der Waals surface area contributed by atoms with Gasteiger partial charge in [-0.25, -0.2) is 4.79 Å². The number of carbonyl (C=O) groups excluding carboxylic acids is 3. The summed E-state index contributed by atoms with van der Waals surface area (Å²) in [6.45, 7) is 4.45. The molecular formula is C20H29N5O8S. The maximum absolute atomic E-state index is 12.5. The van der Waals surface area contributed by atoms with Crippen molar-refractivity contribution in [3.8, 4) is 5.75 Å². The van der Waals surface area contributed by atoms with Gasteiger partial charge in [0.2, 0.25) is 5.91 Å². The molecule has 2 aliphatic rings. The number of hydrazine groups is 1. The number of hydroxylamine groups is 2. The monoisotopic (exact) mass is 499 g/mol. The topological polar surface area (TPSA) is 181 Å². The summed E-state index contributed by atoms with van der Waals surface area (Å²) >= 11 is 0. The number of hydrogen-bond donors (Lipinski definition) is 4. The molecule has 0 radical (unpaired) electrons. The zero-order chi connectivity index (χ0) is 25.0. The third-order valence-corrected chi connectivity index (χ3v) is 6.06. The summed E-state index contributed by atoms with van der Waals surface area (Å²) in [6.07, 6.45) is 0.503. The van der Waals surface area contributed by atoms with Gasteiger partial charge in [-0.3, -0.25) is 25.0 Å². The predicted octanol–water partition coefficient (Wildman–Crippen LogP) is -0.258. The van der Waals surface area contributed by atoms with Gasteiger partial charge in [-0.05, 0) is 36.5 Å². The molecule has 3 atom stereocenters. The molecule has 13 nitrogen and oxygen atoms in total. The van der Waals surface area contributed by atoms with E-state index in [1.54, 1.807) is 24.3 Å². The number of piperidine rings is 1. The quantitative estimate of drug-likeness (QED) is 0.263. The molecule has 0 aliphatic carbocycles. The average Bonchev–Trinajstić information content (AvgIpc) is 3.00. The second-order valence-corrected chi connectivity index (χ2v) is 9.59. The highest BCUT2D eigenvalue weighted by Crippen LogP contribution is 2.30. The first kappa shape index (κ1) is 25.7. The van der Waals surface area contributed by atoms with E-state index in [1.165, 1.54) is 0 Å². The van der Waals surface area contributed by atoms with Crippen LogP contribution in [0.1, 0.15) is 32.3 Å². The lowest BCUT2D eigenvalue weighted by Gasteiger charge is -2.29. The van der Waals surface area contributed by atoms with Crippen LogP contribution in [-0.4, -0.2) is 72.1 Å². The number of nitrogens with zero attached hydrogens (tertiary/aromatic N) is 2. The highest BCUT2D eigenvalue weighted by molar-refractivity contribution is 7.80. The highest BCUT2D eigenvalue weighted by atomic mass is 32.3.